The van der Waals surface area contributed by atoms with E-state index in [0.717, 1.165) is 6.07 Å². The monoisotopic (exact) mass is 536 g/mol. The number of fused-ring (bicyclic) bond motifs is 3. The number of likely N-dealkylation sites (tertiary alicyclic amines) is 1. The van der Waals surface area contributed by atoms with Crippen LogP contribution in [0.25, 0.3) is 0 Å². The Morgan fingerprint density at radius 2 is 1.75 bits per heavy atom. The number of hydrogen-bond donors (Lipinski definition) is 3. The minimum absolute atomic E-state index is 0.0324. The lowest BCUT2D eigenvalue weighted by molar-refractivity contribution is -0.187. The highest BCUT2D eigenvalue weighted by atomic mass is 35.5. The molecule has 4 aliphatic rings. The Morgan fingerprint density at radius 3 is 2.36 bits per heavy atom. The molecule has 2 aromatic carbocycles. The Labute approximate surface area is 218 Å². The fourth-order valence-electron chi connectivity index (χ4n) is 5.84. The van der Waals surface area contributed by atoms with Crippen LogP contribution in [0.1, 0.15) is 37.7 Å². The van der Waals surface area contributed by atoms with Crippen molar-refractivity contribution < 1.29 is 28.9 Å². The summed E-state index contributed by atoms with van der Waals surface area (Å²) >= 11 is 11.6. The summed E-state index contributed by atoms with van der Waals surface area (Å²) in [5.74, 6) is -0.976. The Kier molecular flexibility index (Phi) is 6.44. The first-order chi connectivity index (χ1) is 17.0. The second-order valence-corrected chi connectivity index (χ2v) is 11.1. The maximum Gasteiger partial charge on any atom is 0.258 e. The van der Waals surface area contributed by atoms with Crippen LogP contribution in [0.3, 0.4) is 0 Å². The van der Waals surface area contributed by atoms with Crippen LogP contribution in [0, 0.1) is 11.2 Å². The quantitative estimate of drug-likeness (QED) is 0.525. The molecule has 7 nitrogen and oxygen atoms in total. The molecule has 1 saturated heterocycles. The van der Waals surface area contributed by atoms with Gasteiger partial charge in [0.05, 0.1) is 29.6 Å². The molecule has 0 radical (unpaired) electrons. The third-order valence-electron chi connectivity index (χ3n) is 7.99. The molecule has 0 unspecified atom stereocenters. The van der Waals surface area contributed by atoms with Gasteiger partial charge in [-0.3, -0.25) is 9.59 Å². The number of halogens is 3. The largest absolute Gasteiger partial charge is 0.484 e. The summed E-state index contributed by atoms with van der Waals surface area (Å²) in [6.45, 7) is 0.0128. The van der Waals surface area contributed by atoms with Gasteiger partial charge < -0.3 is 25.2 Å². The lowest BCUT2D eigenvalue weighted by Gasteiger charge is -2.58. The van der Waals surface area contributed by atoms with Gasteiger partial charge in [-0.25, -0.2) is 4.39 Å². The van der Waals surface area contributed by atoms with Crippen molar-refractivity contribution in [2.45, 2.75) is 49.3 Å². The molecule has 3 N–H and O–H groups in total. The summed E-state index contributed by atoms with van der Waals surface area (Å²) in [5.41, 5.74) is -1.96. The number of β-amino-alcohol motifs (C(OH)–C–C–N with tert-alkyl or cyclic N) is 1. The molecule has 6 rings (SSSR count). The molecule has 2 bridgehead atoms. The van der Waals surface area contributed by atoms with Gasteiger partial charge in [0.15, 0.2) is 6.61 Å². The summed E-state index contributed by atoms with van der Waals surface area (Å²) in [7, 11) is 0. The second-order valence-electron chi connectivity index (χ2n) is 10.3. The topological polar surface area (TPSA) is 99.1 Å². The Bertz CT molecular complexity index is 1180. The van der Waals surface area contributed by atoms with Gasteiger partial charge in [-0.15, -0.1) is 0 Å². The number of amides is 2. The average molecular weight is 537 g/mol. The van der Waals surface area contributed by atoms with Crippen LogP contribution in [-0.2, 0) is 15.2 Å². The van der Waals surface area contributed by atoms with Crippen LogP contribution in [0.5, 0.6) is 5.75 Å². The summed E-state index contributed by atoms with van der Waals surface area (Å²) in [4.78, 5) is 27.7. The predicted molar refractivity (Wildman–Crippen MR) is 131 cm³/mol. The number of carbonyl (C=O) groups is 2. The van der Waals surface area contributed by atoms with E-state index >= 15 is 0 Å². The van der Waals surface area contributed by atoms with Crippen LogP contribution in [0.15, 0.2) is 42.5 Å². The van der Waals surface area contributed by atoms with Crippen molar-refractivity contribution in [3.05, 3.63) is 63.9 Å². The van der Waals surface area contributed by atoms with E-state index in [1.807, 2.05) is 0 Å². The van der Waals surface area contributed by atoms with Gasteiger partial charge in [-0.05, 0) is 61.9 Å². The fourth-order valence-corrected chi connectivity index (χ4v) is 6.09. The highest BCUT2D eigenvalue weighted by molar-refractivity contribution is 6.30. The maximum atomic E-state index is 13.6. The van der Waals surface area contributed by atoms with E-state index in [-0.39, 0.29) is 48.7 Å². The highest BCUT2D eigenvalue weighted by Gasteiger charge is 2.61. The van der Waals surface area contributed by atoms with Crippen molar-refractivity contribution >= 4 is 35.0 Å². The Hall–Kier alpha value is -2.39. The number of aliphatic hydroxyl groups excluding tert-OH is 1. The van der Waals surface area contributed by atoms with Crippen LogP contribution >= 0.6 is 23.2 Å². The molecule has 4 fully saturated rings. The van der Waals surface area contributed by atoms with E-state index in [1.165, 1.54) is 12.1 Å². The molecule has 1 heterocycles. The molecule has 3 aliphatic carbocycles. The van der Waals surface area contributed by atoms with Crippen molar-refractivity contribution in [1.29, 1.82) is 0 Å². The predicted octanol–water partition coefficient (Wildman–Crippen LogP) is 3.42. The van der Waals surface area contributed by atoms with Crippen molar-refractivity contribution in [2.24, 2.45) is 5.41 Å². The molecular formula is C26H27Cl2FN2O5. The van der Waals surface area contributed by atoms with Crippen LogP contribution in [0.4, 0.5) is 4.39 Å². The molecular weight excluding hydrogens is 510 g/mol. The number of aliphatic hydroxyl groups is 2. The van der Waals surface area contributed by atoms with Crippen molar-refractivity contribution in [3.8, 4) is 5.75 Å². The number of hydrogen-bond acceptors (Lipinski definition) is 5. The molecule has 2 amide bonds. The summed E-state index contributed by atoms with van der Waals surface area (Å²) in [5, 5.41) is 25.5. The molecule has 3 saturated carbocycles. The summed E-state index contributed by atoms with van der Waals surface area (Å²) in [6.07, 6.45) is 1.32. The zero-order valence-corrected chi connectivity index (χ0v) is 21.0. The molecule has 1 atom stereocenters. The Balaban J connectivity index is 1.17. The molecule has 2 aromatic rings. The van der Waals surface area contributed by atoms with Gasteiger partial charge in [0.1, 0.15) is 17.2 Å². The number of rotatable bonds is 6. The van der Waals surface area contributed by atoms with Gasteiger partial charge in [0.25, 0.3) is 5.91 Å². The van der Waals surface area contributed by atoms with Crippen molar-refractivity contribution in [1.82, 2.24) is 10.2 Å². The van der Waals surface area contributed by atoms with E-state index in [1.54, 1.807) is 29.2 Å². The van der Waals surface area contributed by atoms with Gasteiger partial charge in [-0.1, -0.05) is 35.3 Å². The van der Waals surface area contributed by atoms with Gasteiger partial charge in [-0.2, -0.15) is 0 Å². The van der Waals surface area contributed by atoms with E-state index in [2.05, 4.69) is 5.32 Å². The summed E-state index contributed by atoms with van der Waals surface area (Å²) < 4.78 is 19.0. The van der Waals surface area contributed by atoms with Crippen LogP contribution in [-0.4, -0.2) is 58.3 Å². The number of ether oxygens (including phenoxy) is 1. The maximum absolute atomic E-state index is 13.6. The first-order valence-electron chi connectivity index (χ1n) is 11.9. The Morgan fingerprint density at radius 1 is 1.08 bits per heavy atom. The molecule has 192 valence electrons. The van der Waals surface area contributed by atoms with Crippen LogP contribution in [0.2, 0.25) is 10.0 Å². The molecule has 1 aliphatic heterocycles. The smallest absolute Gasteiger partial charge is 0.258 e. The molecule has 10 heteroatoms. The number of nitrogens with one attached hydrogen (secondary N) is 1. The van der Waals surface area contributed by atoms with E-state index in [9.17, 15) is 24.2 Å². The number of benzene rings is 2. The van der Waals surface area contributed by atoms with Crippen molar-refractivity contribution in [3.63, 3.8) is 0 Å². The first-order valence-corrected chi connectivity index (χ1v) is 12.6. The first kappa shape index (κ1) is 25.3. The average Bonchev–Trinajstić information content (AvgIpc) is 2.83. The zero-order chi connectivity index (χ0) is 25.7. The summed E-state index contributed by atoms with van der Waals surface area (Å²) in [6, 6.07) is 10.9. The minimum Gasteiger partial charge on any atom is -0.484 e. The third kappa shape index (κ3) is 4.45. The molecule has 0 aromatic heterocycles. The number of nitrogens with zero attached hydrogens (tertiary/aromatic N) is 1. The fraction of sp³-hybridized carbons (Fsp3) is 0.462. The lowest BCUT2D eigenvalue weighted by Crippen LogP contribution is -2.70. The second kappa shape index (κ2) is 9.17. The van der Waals surface area contributed by atoms with Gasteiger partial charge in [0, 0.05) is 16.6 Å². The molecule has 0 spiro atoms. The van der Waals surface area contributed by atoms with Crippen molar-refractivity contribution in [2.75, 3.05) is 19.7 Å². The zero-order valence-electron chi connectivity index (χ0n) is 19.5. The standard InChI is InChI=1S/C26H27Cl2FN2O5/c27-17-3-1-16(2-4-17)26(35)14-31(15-26)23(34)25-9-7-24(8-10-25,12-21(25)32)30-22(33)13-36-18-5-6-19(28)20(29)11-18/h1-6,11,21,32,35H,7-10,12-15H2,(H,30,33)/t21-,24?,25?/m0/s1. The lowest BCUT2D eigenvalue weighted by atomic mass is 9.54. The normalized spacial score (nSPS) is 28.4. The SMILES string of the molecule is O=C(COc1ccc(Cl)c(F)c1)NC12CCC(C(=O)N3CC(O)(c4ccc(Cl)cc4)C3)(CC1)[C@@H](O)C2. The number of carbonyl (C=O) groups excluding carboxylic acids is 2. The molecule has 36 heavy (non-hydrogen) atoms. The van der Waals surface area contributed by atoms with E-state index < -0.39 is 28.5 Å². The van der Waals surface area contributed by atoms with E-state index in [4.69, 9.17) is 27.9 Å². The third-order valence-corrected chi connectivity index (χ3v) is 8.54. The van der Waals surface area contributed by atoms with E-state index in [0.29, 0.717) is 36.3 Å². The van der Waals surface area contributed by atoms with Crippen LogP contribution < -0.4 is 10.1 Å². The van der Waals surface area contributed by atoms with Gasteiger partial charge >= 0.3 is 0 Å². The minimum atomic E-state index is -1.13. The highest BCUT2D eigenvalue weighted by Crippen LogP contribution is 2.54. The van der Waals surface area contributed by atoms with Gasteiger partial charge in [0.2, 0.25) is 5.91 Å².